The summed E-state index contributed by atoms with van der Waals surface area (Å²) in [5, 5.41) is 39.5. The molecule has 0 aliphatic heterocycles. The maximum atomic E-state index is 14.6. The van der Waals surface area contributed by atoms with Gasteiger partial charge in [-0.25, -0.2) is 9.18 Å². The second-order valence-corrected chi connectivity index (χ2v) is 9.38. The molecule has 0 saturated carbocycles. The molecule has 0 radical (unpaired) electrons. The normalized spacial score (nSPS) is 12.0. The number of phenols is 1. The van der Waals surface area contributed by atoms with Gasteiger partial charge in [0.2, 0.25) is 5.88 Å². The Labute approximate surface area is 230 Å². The highest BCUT2D eigenvalue weighted by atomic mass is 19.4. The molecule has 1 heterocycles. The number of aromatic carboxylic acids is 1. The van der Waals surface area contributed by atoms with Gasteiger partial charge >= 0.3 is 12.1 Å². The number of hydrogen-bond donors (Lipinski definition) is 3. The van der Waals surface area contributed by atoms with E-state index in [1.54, 1.807) is 18.2 Å². The van der Waals surface area contributed by atoms with E-state index in [0.29, 0.717) is 5.69 Å². The largest absolute Gasteiger partial charge is 0.505 e. The molecule has 0 unspecified atom stereocenters. The minimum absolute atomic E-state index is 0.0278. The smallest absolute Gasteiger partial charge is 0.416 e. The van der Waals surface area contributed by atoms with Crippen LogP contribution in [-0.4, -0.2) is 25.9 Å². The van der Waals surface area contributed by atoms with Crippen LogP contribution in [-0.2, 0) is 6.18 Å². The van der Waals surface area contributed by atoms with Crippen LogP contribution in [0.2, 0.25) is 0 Å². The molecule has 5 aromatic rings. The van der Waals surface area contributed by atoms with Gasteiger partial charge in [-0.05, 0) is 79.6 Å². The van der Waals surface area contributed by atoms with E-state index in [1.165, 1.54) is 28.8 Å². The number of para-hydroxylation sites is 1. The van der Waals surface area contributed by atoms with Crippen LogP contribution in [0.15, 0.2) is 83.0 Å². The lowest BCUT2D eigenvalue weighted by atomic mass is 10.0. The van der Waals surface area contributed by atoms with Crippen LogP contribution in [0.4, 0.5) is 28.9 Å². The Hall–Kier alpha value is -5.19. The number of alkyl halides is 3. The number of carboxylic acids is 1. The number of aromatic hydroxyl groups is 2. The Morgan fingerprint density at radius 2 is 1.61 bits per heavy atom. The third-order valence-corrected chi connectivity index (χ3v) is 6.77. The van der Waals surface area contributed by atoms with Gasteiger partial charge in [0.15, 0.2) is 11.4 Å². The van der Waals surface area contributed by atoms with Crippen LogP contribution in [0.1, 0.15) is 27.0 Å². The van der Waals surface area contributed by atoms with E-state index < -0.39 is 35.2 Å². The number of halogens is 4. The number of carbonyl (C=O) groups is 1. The SMILES string of the molecule is Cc1ccc(-n2c(O)c(N=Nc3cccc(-c4cc(C(=O)O)ccc4F)c3O)c3ccc(C(F)(F)F)cc32)cc1C. The summed E-state index contributed by atoms with van der Waals surface area (Å²) in [5.41, 5.74) is 0.544. The first kappa shape index (κ1) is 27.4. The van der Waals surface area contributed by atoms with Gasteiger partial charge in [-0.2, -0.15) is 13.2 Å². The maximum Gasteiger partial charge on any atom is 0.416 e. The number of aryl methyl sites for hydroxylation is 2. The van der Waals surface area contributed by atoms with E-state index in [4.69, 9.17) is 0 Å². The van der Waals surface area contributed by atoms with E-state index in [1.807, 2.05) is 13.8 Å². The van der Waals surface area contributed by atoms with Crippen molar-refractivity contribution in [2.45, 2.75) is 20.0 Å². The predicted octanol–water partition coefficient (Wildman–Crippen LogP) is 8.60. The zero-order valence-electron chi connectivity index (χ0n) is 21.5. The van der Waals surface area contributed by atoms with E-state index in [9.17, 15) is 37.7 Å². The van der Waals surface area contributed by atoms with Crippen LogP contribution in [0, 0.1) is 19.7 Å². The lowest BCUT2D eigenvalue weighted by Crippen LogP contribution is -2.05. The quantitative estimate of drug-likeness (QED) is 0.147. The number of benzene rings is 4. The van der Waals surface area contributed by atoms with Crippen molar-refractivity contribution in [2.24, 2.45) is 10.2 Å². The molecule has 4 aromatic carbocycles. The standard InChI is InChI=1S/C30H21F4N3O4/c1-15-6-9-19(12-16(15)2)37-25-14-18(30(32,33)34)8-10-21(25)26(28(37)39)36-35-24-5-3-4-20(27(24)38)22-13-17(29(40)41)7-11-23(22)31/h3-14,38-39H,1-2H3,(H,40,41). The van der Waals surface area contributed by atoms with Gasteiger partial charge in [0.05, 0.1) is 16.6 Å². The number of azo groups is 1. The Balaban J connectivity index is 1.67. The average molecular weight is 564 g/mol. The molecule has 5 rings (SSSR count). The average Bonchev–Trinajstić information content (AvgIpc) is 3.19. The lowest BCUT2D eigenvalue weighted by Gasteiger charge is -2.11. The molecule has 0 spiro atoms. The fourth-order valence-corrected chi connectivity index (χ4v) is 4.46. The highest BCUT2D eigenvalue weighted by molar-refractivity contribution is 5.97. The molecule has 0 aliphatic rings. The van der Waals surface area contributed by atoms with Crippen molar-refractivity contribution >= 4 is 28.2 Å². The number of phenolic OH excluding ortho intramolecular Hbond substituents is 1. The number of aromatic nitrogens is 1. The minimum Gasteiger partial charge on any atom is -0.505 e. The molecule has 3 N–H and O–H groups in total. The molecular formula is C30H21F4N3O4. The molecule has 0 atom stereocenters. The fraction of sp³-hybridized carbons (Fsp3) is 0.100. The number of hydrogen-bond acceptors (Lipinski definition) is 5. The topological polar surface area (TPSA) is 107 Å². The van der Waals surface area contributed by atoms with Gasteiger partial charge in [0.1, 0.15) is 11.5 Å². The summed E-state index contributed by atoms with van der Waals surface area (Å²) in [7, 11) is 0. The third kappa shape index (κ3) is 4.97. The summed E-state index contributed by atoms with van der Waals surface area (Å²) in [6.45, 7) is 3.70. The van der Waals surface area contributed by atoms with Crippen molar-refractivity contribution in [3.8, 4) is 28.4 Å². The molecule has 0 fully saturated rings. The Bertz CT molecular complexity index is 1880. The highest BCUT2D eigenvalue weighted by Gasteiger charge is 2.32. The zero-order valence-corrected chi connectivity index (χ0v) is 21.5. The molecule has 7 nitrogen and oxygen atoms in total. The van der Waals surface area contributed by atoms with Crippen LogP contribution < -0.4 is 0 Å². The number of rotatable bonds is 5. The number of fused-ring (bicyclic) bond motifs is 1. The fourth-order valence-electron chi connectivity index (χ4n) is 4.46. The molecule has 0 bridgehead atoms. The Morgan fingerprint density at radius 3 is 2.29 bits per heavy atom. The van der Waals surface area contributed by atoms with Crippen molar-refractivity contribution in [3.05, 3.63) is 101 Å². The van der Waals surface area contributed by atoms with Gasteiger partial charge in [-0.15, -0.1) is 10.2 Å². The second kappa shape index (κ2) is 10.1. The van der Waals surface area contributed by atoms with Crippen LogP contribution in [0.25, 0.3) is 27.7 Å². The number of nitrogens with zero attached hydrogens (tertiary/aromatic N) is 3. The summed E-state index contributed by atoms with van der Waals surface area (Å²) >= 11 is 0. The van der Waals surface area contributed by atoms with Crippen molar-refractivity contribution < 1.29 is 37.7 Å². The molecule has 208 valence electrons. The first-order valence-electron chi connectivity index (χ1n) is 12.2. The van der Waals surface area contributed by atoms with Crippen molar-refractivity contribution in [1.29, 1.82) is 0 Å². The molecule has 0 saturated heterocycles. The van der Waals surface area contributed by atoms with Crippen LogP contribution >= 0.6 is 0 Å². The number of carboxylic acid groups (broad SMARTS) is 1. The Morgan fingerprint density at radius 1 is 0.854 bits per heavy atom. The van der Waals surface area contributed by atoms with E-state index in [0.717, 1.165) is 41.5 Å². The highest BCUT2D eigenvalue weighted by Crippen LogP contribution is 2.45. The molecule has 41 heavy (non-hydrogen) atoms. The van der Waals surface area contributed by atoms with Gasteiger partial charge in [0.25, 0.3) is 0 Å². The van der Waals surface area contributed by atoms with Gasteiger partial charge in [-0.3, -0.25) is 4.57 Å². The third-order valence-electron chi connectivity index (χ3n) is 6.77. The summed E-state index contributed by atoms with van der Waals surface area (Å²) in [4.78, 5) is 11.4. The van der Waals surface area contributed by atoms with E-state index in [2.05, 4.69) is 10.2 Å². The van der Waals surface area contributed by atoms with Gasteiger partial charge in [-0.1, -0.05) is 18.2 Å². The van der Waals surface area contributed by atoms with Crippen molar-refractivity contribution in [1.82, 2.24) is 4.57 Å². The minimum atomic E-state index is -4.64. The van der Waals surface area contributed by atoms with Crippen LogP contribution in [0.3, 0.4) is 0 Å². The Kier molecular flexibility index (Phi) is 6.74. The molecule has 11 heteroatoms. The van der Waals surface area contributed by atoms with E-state index >= 15 is 0 Å². The second-order valence-electron chi connectivity index (χ2n) is 9.38. The molecule has 0 amide bonds. The van der Waals surface area contributed by atoms with Gasteiger partial charge < -0.3 is 15.3 Å². The van der Waals surface area contributed by atoms with Crippen LogP contribution in [0.5, 0.6) is 11.6 Å². The molecular weight excluding hydrogens is 542 g/mol. The predicted molar refractivity (Wildman–Crippen MR) is 144 cm³/mol. The summed E-state index contributed by atoms with van der Waals surface area (Å²) in [5.74, 6) is -3.07. The van der Waals surface area contributed by atoms with Crippen molar-refractivity contribution in [2.75, 3.05) is 0 Å². The monoisotopic (exact) mass is 563 g/mol. The lowest BCUT2D eigenvalue weighted by molar-refractivity contribution is -0.137. The first-order chi connectivity index (χ1) is 19.4. The first-order valence-corrected chi connectivity index (χ1v) is 12.2. The summed E-state index contributed by atoms with van der Waals surface area (Å²) in [6.07, 6.45) is -4.64. The molecule has 0 aliphatic carbocycles. The summed E-state index contributed by atoms with van der Waals surface area (Å²) < 4.78 is 56.5. The van der Waals surface area contributed by atoms with Crippen molar-refractivity contribution in [3.63, 3.8) is 0 Å². The summed E-state index contributed by atoms with van der Waals surface area (Å²) in [6, 6.07) is 15.3. The maximum absolute atomic E-state index is 14.6. The zero-order chi connectivity index (χ0) is 29.6. The molecule has 1 aromatic heterocycles. The van der Waals surface area contributed by atoms with E-state index in [-0.39, 0.29) is 39.0 Å². The van der Waals surface area contributed by atoms with Gasteiger partial charge in [0, 0.05) is 22.2 Å².